The van der Waals surface area contributed by atoms with Gasteiger partial charge < -0.3 is 45.1 Å². The van der Waals surface area contributed by atoms with Crippen molar-refractivity contribution in [2.24, 2.45) is 17.8 Å². The number of nitrogens with one attached hydrogen (secondary N) is 3. The summed E-state index contributed by atoms with van der Waals surface area (Å²) in [5, 5.41) is 15.7. The molecule has 75 heavy (non-hydrogen) atoms. The third-order valence-electron chi connectivity index (χ3n) is 11.3. The number of nitrogens with two attached hydrogens (primary N) is 1. The Morgan fingerprint density at radius 3 is 1.27 bits per heavy atom. The monoisotopic (exact) mass is 1130 g/mol. The zero-order chi connectivity index (χ0) is 56.7. The number of ether oxygens (including phenoxy) is 3. The first-order chi connectivity index (χ1) is 34.7. The highest BCUT2D eigenvalue weighted by molar-refractivity contribution is 8.26. The van der Waals surface area contributed by atoms with Crippen LogP contribution in [0.5, 0.6) is 0 Å². The van der Waals surface area contributed by atoms with Gasteiger partial charge in [0, 0.05) is 78.2 Å². The van der Waals surface area contributed by atoms with Gasteiger partial charge in [-0.2, -0.15) is 0 Å². The van der Waals surface area contributed by atoms with Gasteiger partial charge in [0.15, 0.2) is 0 Å². The summed E-state index contributed by atoms with van der Waals surface area (Å²) in [4.78, 5) is 120. The van der Waals surface area contributed by atoms with Crippen LogP contribution >= 0.6 is 33.0 Å². The topological polar surface area (TPSA) is 308 Å². The third kappa shape index (κ3) is 20.9. The molecule has 414 valence electrons. The van der Waals surface area contributed by atoms with Crippen LogP contribution in [0, 0.1) is 17.8 Å². The summed E-state index contributed by atoms with van der Waals surface area (Å²) in [6, 6.07) is 9.59. The van der Waals surface area contributed by atoms with Crippen molar-refractivity contribution >= 4 is 113 Å². The largest absolute Gasteiger partial charge is 0.481 e. The van der Waals surface area contributed by atoms with Crippen molar-refractivity contribution in [1.82, 2.24) is 25.3 Å². The molecule has 7 rings (SSSR count). The smallest absolute Gasteiger partial charge is 0.410 e. The molecule has 5 aliphatic rings. The van der Waals surface area contributed by atoms with Gasteiger partial charge in [0.2, 0.25) is 20.4 Å². The molecule has 0 saturated carbocycles. The van der Waals surface area contributed by atoms with Crippen molar-refractivity contribution in [3.05, 3.63) is 58.7 Å². The van der Waals surface area contributed by atoms with Gasteiger partial charge in [-0.15, -0.1) is 0 Å². The van der Waals surface area contributed by atoms with E-state index in [1.807, 2.05) is 62.3 Å². The van der Waals surface area contributed by atoms with Crippen LogP contribution in [0.3, 0.4) is 0 Å². The molecule has 2 aromatic rings. The van der Waals surface area contributed by atoms with Gasteiger partial charge in [0.1, 0.15) is 16.8 Å². The van der Waals surface area contributed by atoms with Crippen LogP contribution in [0.2, 0.25) is 0 Å². The number of imide groups is 2. The number of carbonyl (C=O) groups excluding carboxylic acids is 9. The van der Waals surface area contributed by atoms with Gasteiger partial charge in [-0.25, -0.2) is 18.6 Å². The van der Waals surface area contributed by atoms with E-state index < -0.39 is 49.7 Å². The van der Waals surface area contributed by atoms with Crippen LogP contribution in [0.15, 0.2) is 36.4 Å². The molecule has 2 aromatic carbocycles. The summed E-state index contributed by atoms with van der Waals surface area (Å²) in [6.07, 6.45) is 2.24. The number of carboxylic acids is 1. The van der Waals surface area contributed by atoms with E-state index >= 15 is 0 Å². The highest BCUT2D eigenvalue weighted by atomic mass is 36.0. The predicted molar refractivity (Wildman–Crippen MR) is 279 cm³/mol. The Bertz CT molecular complexity index is 2430. The number of hydrogen-bond donors (Lipinski definition) is 5. The minimum atomic E-state index is -1.67. The molecule has 0 aliphatic carbocycles. The number of hydrogen-bond acceptors (Lipinski definition) is 15. The lowest BCUT2D eigenvalue weighted by Crippen LogP contribution is -2.43. The molecule has 0 bridgehead atoms. The SMILES string of the molecule is CC(C)(C)OC(=O)N1CCC(C(=O)Cl)CC1.CC(C)(C)OC(=O)N1CCC(C(=O)Nc2cccc3c2C(=O)NC3=O)CC1.CC(C)(C)OC(=O)N1CCC(C(=O)O)CC1.Nc1cccc2c1C(=O)NC2=O.O=S(Cl)Cl. The Hall–Kier alpha value is -6.04. The van der Waals surface area contributed by atoms with Gasteiger partial charge in [0.05, 0.1) is 33.9 Å². The minimum Gasteiger partial charge on any atom is -0.481 e. The van der Waals surface area contributed by atoms with E-state index in [4.69, 9.17) is 40.9 Å². The highest BCUT2D eigenvalue weighted by Crippen LogP contribution is 2.28. The van der Waals surface area contributed by atoms with Crippen molar-refractivity contribution in [3.8, 4) is 0 Å². The number of anilines is 2. The molecule has 0 atom stereocenters. The van der Waals surface area contributed by atoms with E-state index in [-0.39, 0.29) is 64.2 Å². The predicted octanol–water partition coefficient (Wildman–Crippen LogP) is 7.47. The van der Waals surface area contributed by atoms with E-state index in [0.29, 0.717) is 100 Å². The average molecular weight is 1130 g/mol. The molecular formula is C49H66Cl3N7O15S. The van der Waals surface area contributed by atoms with E-state index in [9.17, 15) is 47.9 Å². The Morgan fingerprint density at radius 2 is 0.920 bits per heavy atom. The summed E-state index contributed by atoms with van der Waals surface area (Å²) in [6.45, 7) is 19.2. The lowest BCUT2D eigenvalue weighted by atomic mass is 9.95. The maximum atomic E-state index is 12.6. The van der Waals surface area contributed by atoms with Crippen molar-refractivity contribution in [1.29, 1.82) is 0 Å². The van der Waals surface area contributed by atoms with Crippen molar-refractivity contribution in [3.63, 3.8) is 0 Å². The number of aliphatic carboxylic acids is 1. The second kappa shape index (κ2) is 27.7. The first-order valence-corrected chi connectivity index (χ1v) is 27.0. The molecule has 26 heteroatoms. The Morgan fingerprint density at radius 1 is 0.587 bits per heavy atom. The summed E-state index contributed by atoms with van der Waals surface area (Å²) in [7, 11) is 7.36. The normalized spacial score (nSPS) is 16.8. The number of amides is 8. The summed E-state index contributed by atoms with van der Waals surface area (Å²) in [5.41, 5.74) is 5.76. The molecule has 0 spiro atoms. The molecule has 3 fully saturated rings. The maximum absolute atomic E-state index is 12.6. The number of nitrogens with zero attached hydrogens (tertiary/aromatic N) is 3. The van der Waals surface area contributed by atoms with Gasteiger partial charge in [-0.05, 0) is 137 Å². The van der Waals surface area contributed by atoms with Gasteiger partial charge in [-0.3, -0.25) is 44.2 Å². The zero-order valence-electron chi connectivity index (χ0n) is 43.3. The minimum absolute atomic E-state index is 0.111. The molecule has 0 unspecified atom stereocenters. The summed E-state index contributed by atoms with van der Waals surface area (Å²) < 4.78 is 24.9. The zero-order valence-corrected chi connectivity index (χ0v) is 46.4. The molecule has 6 N–H and O–H groups in total. The van der Waals surface area contributed by atoms with E-state index in [1.165, 1.54) is 0 Å². The van der Waals surface area contributed by atoms with E-state index in [1.54, 1.807) is 51.1 Å². The van der Waals surface area contributed by atoms with Crippen molar-refractivity contribution in [2.45, 2.75) is 118 Å². The Kier molecular flexibility index (Phi) is 23.3. The number of piperidine rings is 3. The van der Waals surface area contributed by atoms with E-state index in [2.05, 4.69) is 37.3 Å². The molecule has 5 aliphatic heterocycles. The molecule has 3 saturated heterocycles. The Labute approximate surface area is 451 Å². The number of nitrogen functional groups attached to an aromatic ring is 1. The molecular weight excluding hydrogens is 1060 g/mol. The molecule has 5 heterocycles. The lowest BCUT2D eigenvalue weighted by molar-refractivity contribution is -0.143. The van der Waals surface area contributed by atoms with Crippen LogP contribution in [0.1, 0.15) is 142 Å². The third-order valence-corrected chi connectivity index (χ3v) is 11.6. The number of carboxylic acid groups (broad SMARTS) is 1. The van der Waals surface area contributed by atoms with Crippen molar-refractivity contribution in [2.75, 3.05) is 50.3 Å². The quantitative estimate of drug-likeness (QED) is 0.0858. The number of carbonyl (C=O) groups is 10. The van der Waals surface area contributed by atoms with Crippen LogP contribution in [-0.4, -0.2) is 139 Å². The van der Waals surface area contributed by atoms with Crippen LogP contribution in [0.25, 0.3) is 0 Å². The fourth-order valence-electron chi connectivity index (χ4n) is 7.71. The van der Waals surface area contributed by atoms with Crippen LogP contribution in [0.4, 0.5) is 25.8 Å². The number of fused-ring (bicyclic) bond motifs is 2. The number of likely N-dealkylation sites (tertiary alicyclic amines) is 3. The summed E-state index contributed by atoms with van der Waals surface area (Å²) in [5.74, 6) is -3.46. The maximum Gasteiger partial charge on any atom is 0.410 e. The van der Waals surface area contributed by atoms with E-state index in [0.717, 1.165) is 0 Å². The fourth-order valence-corrected chi connectivity index (χ4v) is 7.92. The van der Waals surface area contributed by atoms with Gasteiger partial charge >= 0.3 is 24.2 Å². The number of benzene rings is 2. The standard InChI is InChI=1S/C19H23N3O5.C11H18ClNO3.C11H19NO4.C8H6N2O2.Cl2OS/c1-19(2,3)27-18(26)22-9-7-11(8-10-22)15(23)20-13-6-4-5-12-14(13)17(25)21-16(12)24;1-11(2,3)16-10(15)13-6-4-8(5-7-13)9(12)14;1-11(2,3)16-10(15)12-6-4-8(5-7-12)9(13)14;9-5-3-1-2-4-6(5)8(12)10-7(4)11;1-4(2)3/h4-6,11H,7-10H2,1-3H3,(H,20,23)(H,21,24,25);8H,4-7H2,1-3H3;8H,4-7H2,1-3H3,(H,13,14);1-3H,9H2,(H,10,11,12);. The molecule has 0 radical (unpaired) electrons. The second-order valence-electron chi connectivity index (χ2n) is 20.6. The molecule has 8 amide bonds. The Balaban J connectivity index is 0.000000269. The van der Waals surface area contributed by atoms with Gasteiger partial charge in [0.25, 0.3) is 23.6 Å². The number of halogens is 3. The van der Waals surface area contributed by atoms with Crippen molar-refractivity contribution < 1.29 is 71.5 Å². The lowest BCUT2D eigenvalue weighted by Gasteiger charge is -2.33. The summed E-state index contributed by atoms with van der Waals surface area (Å²) >= 11 is 5.42. The first-order valence-electron chi connectivity index (χ1n) is 23.8. The average Bonchev–Trinajstić information content (AvgIpc) is 3.77. The second-order valence-corrected chi connectivity index (χ2v) is 23.5. The van der Waals surface area contributed by atoms with Crippen LogP contribution in [-0.2, 0) is 37.8 Å². The molecule has 22 nitrogen and oxygen atoms in total. The molecule has 0 aromatic heterocycles. The fraction of sp³-hybridized carbons (Fsp3) is 0.551. The number of rotatable bonds is 4. The van der Waals surface area contributed by atoms with Crippen LogP contribution < -0.4 is 21.7 Å². The first kappa shape index (κ1) is 63.3. The van der Waals surface area contributed by atoms with Gasteiger partial charge in [-0.1, -0.05) is 12.1 Å². The highest BCUT2D eigenvalue weighted by Gasteiger charge is 2.35.